The van der Waals surface area contributed by atoms with Crippen LogP contribution in [0.15, 0.2) is 60.7 Å². The van der Waals surface area contributed by atoms with E-state index in [0.717, 1.165) is 11.1 Å². The predicted octanol–water partition coefficient (Wildman–Crippen LogP) is 4.78. The molecular formula is C20H19FO2. The Hall–Kier alpha value is -2.42. The number of hydrogen-bond acceptors (Lipinski definition) is 2. The third kappa shape index (κ3) is 3.19. The fraction of sp³-hybridized carbons (Fsp3) is 0.250. The fourth-order valence-electron chi connectivity index (χ4n) is 3.06. The third-order valence-corrected chi connectivity index (χ3v) is 4.23. The molecule has 0 fully saturated rings. The second-order valence-electron chi connectivity index (χ2n) is 6.17. The number of esters is 1. The lowest BCUT2D eigenvalue weighted by Crippen LogP contribution is -2.31. The largest absolute Gasteiger partial charge is 0.426 e. The number of carbonyl (C=O) groups excluding carboxylic acids is 1. The fourth-order valence-corrected chi connectivity index (χ4v) is 3.06. The van der Waals surface area contributed by atoms with Crippen molar-refractivity contribution in [2.45, 2.75) is 19.8 Å². The molecular weight excluding hydrogens is 291 g/mol. The van der Waals surface area contributed by atoms with Crippen molar-refractivity contribution in [3.8, 4) is 0 Å². The van der Waals surface area contributed by atoms with Gasteiger partial charge >= 0.3 is 5.97 Å². The Morgan fingerprint density at radius 3 is 2.26 bits per heavy atom. The highest BCUT2D eigenvalue weighted by molar-refractivity contribution is 5.84. The van der Waals surface area contributed by atoms with Gasteiger partial charge in [0.05, 0.1) is 5.92 Å². The summed E-state index contributed by atoms with van der Waals surface area (Å²) < 4.78 is 18.8. The SMILES string of the molecule is CC(C)[C@H]1C(=O)OC(c2ccccc2)=C[C@@H]1c1ccc(F)cc1. The van der Waals surface area contributed by atoms with Crippen molar-refractivity contribution in [1.82, 2.24) is 0 Å². The summed E-state index contributed by atoms with van der Waals surface area (Å²) in [7, 11) is 0. The van der Waals surface area contributed by atoms with Gasteiger partial charge in [-0.05, 0) is 29.7 Å². The second-order valence-corrected chi connectivity index (χ2v) is 6.17. The quantitative estimate of drug-likeness (QED) is 0.763. The first-order valence-electron chi connectivity index (χ1n) is 7.80. The molecule has 0 N–H and O–H groups in total. The highest BCUT2D eigenvalue weighted by Crippen LogP contribution is 2.39. The van der Waals surface area contributed by atoms with Gasteiger partial charge in [-0.2, -0.15) is 0 Å². The van der Waals surface area contributed by atoms with Gasteiger partial charge in [0.15, 0.2) is 0 Å². The monoisotopic (exact) mass is 310 g/mol. The van der Waals surface area contributed by atoms with Crippen LogP contribution >= 0.6 is 0 Å². The molecule has 0 aliphatic carbocycles. The zero-order chi connectivity index (χ0) is 16.4. The number of allylic oxidation sites excluding steroid dienone is 1. The Bertz CT molecular complexity index is 717. The minimum absolute atomic E-state index is 0.118. The van der Waals surface area contributed by atoms with Gasteiger partial charge in [-0.3, -0.25) is 4.79 Å². The minimum Gasteiger partial charge on any atom is -0.426 e. The molecule has 0 bridgehead atoms. The van der Waals surface area contributed by atoms with Crippen LogP contribution in [0.3, 0.4) is 0 Å². The summed E-state index contributed by atoms with van der Waals surface area (Å²) in [4.78, 5) is 12.5. The van der Waals surface area contributed by atoms with Crippen molar-refractivity contribution in [1.29, 1.82) is 0 Å². The highest BCUT2D eigenvalue weighted by atomic mass is 19.1. The number of benzene rings is 2. The summed E-state index contributed by atoms with van der Waals surface area (Å²) in [5.41, 5.74) is 1.80. The van der Waals surface area contributed by atoms with E-state index >= 15 is 0 Å². The first-order valence-corrected chi connectivity index (χ1v) is 7.80. The molecule has 0 radical (unpaired) electrons. The van der Waals surface area contributed by atoms with E-state index in [1.165, 1.54) is 12.1 Å². The van der Waals surface area contributed by atoms with Gasteiger partial charge in [0.2, 0.25) is 0 Å². The van der Waals surface area contributed by atoms with Crippen LogP contribution in [0.5, 0.6) is 0 Å². The number of cyclic esters (lactones) is 1. The van der Waals surface area contributed by atoms with E-state index in [1.807, 2.05) is 50.3 Å². The molecule has 0 unspecified atom stereocenters. The lowest BCUT2D eigenvalue weighted by molar-refractivity contribution is -0.144. The van der Waals surface area contributed by atoms with Gasteiger partial charge in [0, 0.05) is 11.5 Å². The summed E-state index contributed by atoms with van der Waals surface area (Å²) in [5.74, 6) is -0.191. The first kappa shape index (κ1) is 15.5. The summed E-state index contributed by atoms with van der Waals surface area (Å²) in [6, 6.07) is 15.9. The Labute approximate surface area is 135 Å². The topological polar surface area (TPSA) is 26.3 Å². The van der Waals surface area contributed by atoms with Crippen molar-refractivity contribution in [3.63, 3.8) is 0 Å². The summed E-state index contributed by atoms with van der Waals surface area (Å²) in [6.45, 7) is 4.01. The molecule has 118 valence electrons. The van der Waals surface area contributed by atoms with Crippen LogP contribution in [0.25, 0.3) is 5.76 Å². The lowest BCUT2D eigenvalue weighted by atomic mass is 9.77. The Kier molecular flexibility index (Phi) is 4.28. The lowest BCUT2D eigenvalue weighted by Gasteiger charge is -2.31. The van der Waals surface area contributed by atoms with Crippen LogP contribution in [0, 0.1) is 17.7 Å². The molecule has 2 aromatic carbocycles. The maximum absolute atomic E-state index is 13.2. The number of ether oxygens (including phenoxy) is 1. The Balaban J connectivity index is 2.06. The Morgan fingerprint density at radius 2 is 1.65 bits per heavy atom. The van der Waals surface area contributed by atoms with Gasteiger partial charge in [-0.1, -0.05) is 56.3 Å². The zero-order valence-electron chi connectivity index (χ0n) is 13.2. The molecule has 0 saturated carbocycles. The van der Waals surface area contributed by atoms with Crippen LogP contribution in [0.1, 0.15) is 30.9 Å². The number of hydrogen-bond donors (Lipinski definition) is 0. The smallest absolute Gasteiger partial charge is 0.315 e. The molecule has 3 rings (SSSR count). The molecule has 0 saturated heterocycles. The van der Waals surface area contributed by atoms with Crippen molar-refractivity contribution in [2.75, 3.05) is 0 Å². The molecule has 1 aliphatic heterocycles. The van der Waals surface area contributed by atoms with E-state index in [0.29, 0.717) is 5.76 Å². The van der Waals surface area contributed by atoms with Gasteiger partial charge in [0.1, 0.15) is 11.6 Å². The van der Waals surface area contributed by atoms with Crippen LogP contribution in [-0.2, 0) is 9.53 Å². The molecule has 23 heavy (non-hydrogen) atoms. The van der Waals surface area contributed by atoms with Gasteiger partial charge in [-0.25, -0.2) is 4.39 Å². The summed E-state index contributed by atoms with van der Waals surface area (Å²) >= 11 is 0. The van der Waals surface area contributed by atoms with Gasteiger partial charge < -0.3 is 4.74 Å². The average molecular weight is 310 g/mol. The molecule has 2 nitrogen and oxygen atoms in total. The van der Waals surface area contributed by atoms with Crippen LogP contribution in [0.4, 0.5) is 4.39 Å². The maximum atomic E-state index is 13.2. The Morgan fingerprint density at radius 1 is 1.00 bits per heavy atom. The van der Waals surface area contributed by atoms with Crippen LogP contribution < -0.4 is 0 Å². The van der Waals surface area contributed by atoms with Crippen LogP contribution in [0.2, 0.25) is 0 Å². The minimum atomic E-state index is -0.277. The third-order valence-electron chi connectivity index (χ3n) is 4.23. The standard InChI is InChI=1S/C20H19FO2/c1-13(2)19-17(14-8-10-16(21)11-9-14)12-18(23-20(19)22)15-6-4-3-5-7-15/h3-13,17,19H,1-2H3/t17-,19-/m1/s1. The van der Waals surface area contributed by atoms with Crippen LogP contribution in [-0.4, -0.2) is 5.97 Å². The zero-order valence-corrected chi connectivity index (χ0v) is 13.2. The maximum Gasteiger partial charge on any atom is 0.315 e. The molecule has 0 aromatic heterocycles. The number of halogens is 1. The van der Waals surface area contributed by atoms with Gasteiger partial charge in [-0.15, -0.1) is 0 Å². The van der Waals surface area contributed by atoms with Crippen molar-refractivity contribution < 1.29 is 13.9 Å². The normalized spacial score (nSPS) is 21.0. The predicted molar refractivity (Wildman–Crippen MR) is 88.0 cm³/mol. The van der Waals surface area contributed by atoms with Crippen molar-refractivity contribution in [2.24, 2.45) is 11.8 Å². The molecule has 1 aliphatic rings. The van der Waals surface area contributed by atoms with E-state index < -0.39 is 0 Å². The molecule has 1 heterocycles. The van der Waals surface area contributed by atoms with Crippen molar-refractivity contribution in [3.05, 3.63) is 77.6 Å². The van der Waals surface area contributed by atoms with E-state index in [1.54, 1.807) is 12.1 Å². The summed E-state index contributed by atoms with van der Waals surface area (Å²) in [5, 5.41) is 0. The molecule has 2 aromatic rings. The first-order chi connectivity index (χ1) is 11.1. The molecule has 2 atom stereocenters. The van der Waals surface area contributed by atoms with Crippen molar-refractivity contribution >= 4 is 11.7 Å². The van der Waals surface area contributed by atoms with E-state index in [-0.39, 0.29) is 29.5 Å². The molecule has 0 spiro atoms. The number of carbonyl (C=O) groups is 1. The molecule has 0 amide bonds. The van der Waals surface area contributed by atoms with E-state index in [9.17, 15) is 9.18 Å². The van der Waals surface area contributed by atoms with E-state index in [4.69, 9.17) is 4.74 Å². The highest BCUT2D eigenvalue weighted by Gasteiger charge is 2.37. The number of rotatable bonds is 3. The average Bonchev–Trinajstić information content (AvgIpc) is 2.55. The van der Waals surface area contributed by atoms with E-state index in [2.05, 4.69) is 0 Å². The molecule has 3 heteroatoms. The van der Waals surface area contributed by atoms with Gasteiger partial charge in [0.25, 0.3) is 0 Å². The summed E-state index contributed by atoms with van der Waals surface area (Å²) in [6.07, 6.45) is 1.98. The second kappa shape index (κ2) is 6.37.